The molecule has 1 aromatic rings. The van der Waals surface area contributed by atoms with Crippen molar-refractivity contribution in [3.05, 3.63) is 21.9 Å². The Kier molecular flexibility index (Phi) is 3.02. The van der Waals surface area contributed by atoms with Gasteiger partial charge >= 0.3 is 5.97 Å². The van der Waals surface area contributed by atoms with Crippen LogP contribution in [0.5, 0.6) is 0 Å². The molecule has 0 fully saturated rings. The van der Waals surface area contributed by atoms with Gasteiger partial charge in [0.1, 0.15) is 12.1 Å². The van der Waals surface area contributed by atoms with Gasteiger partial charge < -0.3 is 15.9 Å². The Hall–Kier alpha value is -0.910. The lowest BCUT2D eigenvalue weighted by Gasteiger charge is -2.14. The molecule has 0 saturated carbocycles. The fraction of sp³-hybridized carbons (Fsp3) is 0.375. The van der Waals surface area contributed by atoms with Crippen LogP contribution < -0.4 is 5.73 Å². The van der Waals surface area contributed by atoms with E-state index in [1.807, 2.05) is 12.3 Å². The topological polar surface area (TPSA) is 83.5 Å². The molecule has 2 unspecified atom stereocenters. The van der Waals surface area contributed by atoms with Gasteiger partial charge in [-0.2, -0.15) is 11.3 Å². The number of hydrogen-bond acceptors (Lipinski definition) is 4. The highest BCUT2D eigenvalue weighted by Gasteiger charge is 2.24. The van der Waals surface area contributed by atoms with Gasteiger partial charge in [-0.3, -0.25) is 4.79 Å². The van der Waals surface area contributed by atoms with Gasteiger partial charge in [-0.1, -0.05) is 0 Å². The second-order valence-electron chi connectivity index (χ2n) is 2.82. The number of thiophene rings is 1. The van der Waals surface area contributed by atoms with E-state index in [0.717, 1.165) is 5.56 Å². The summed E-state index contributed by atoms with van der Waals surface area (Å²) >= 11 is 1.42. The quantitative estimate of drug-likeness (QED) is 0.665. The van der Waals surface area contributed by atoms with E-state index >= 15 is 0 Å². The maximum absolute atomic E-state index is 10.5. The lowest BCUT2D eigenvalue weighted by Crippen LogP contribution is -2.36. The highest BCUT2D eigenvalue weighted by molar-refractivity contribution is 7.08. The molecule has 4 nitrogen and oxygen atoms in total. The first-order chi connectivity index (χ1) is 6.04. The molecule has 4 N–H and O–H groups in total. The second-order valence-corrected chi connectivity index (χ2v) is 3.56. The van der Waals surface area contributed by atoms with Crippen molar-refractivity contribution >= 4 is 17.3 Å². The average Bonchev–Trinajstić information content (AvgIpc) is 2.48. The Morgan fingerprint density at radius 2 is 2.23 bits per heavy atom. The van der Waals surface area contributed by atoms with Crippen molar-refractivity contribution in [1.82, 2.24) is 0 Å². The number of aryl methyl sites for hydroxylation is 1. The van der Waals surface area contributed by atoms with Gasteiger partial charge in [-0.15, -0.1) is 0 Å². The lowest BCUT2D eigenvalue weighted by molar-refractivity contribution is -0.141. The summed E-state index contributed by atoms with van der Waals surface area (Å²) < 4.78 is 0. The van der Waals surface area contributed by atoms with E-state index in [1.54, 1.807) is 5.38 Å². The van der Waals surface area contributed by atoms with Crippen LogP contribution in [-0.4, -0.2) is 22.2 Å². The van der Waals surface area contributed by atoms with E-state index in [9.17, 15) is 9.90 Å². The molecule has 0 saturated heterocycles. The molecule has 0 aliphatic rings. The fourth-order valence-corrected chi connectivity index (χ4v) is 1.88. The van der Waals surface area contributed by atoms with Crippen molar-refractivity contribution in [2.75, 3.05) is 0 Å². The van der Waals surface area contributed by atoms with Crippen LogP contribution >= 0.6 is 11.3 Å². The average molecular weight is 201 g/mol. The Morgan fingerprint density at radius 1 is 1.62 bits per heavy atom. The fourth-order valence-electron chi connectivity index (χ4n) is 1.00. The Morgan fingerprint density at radius 3 is 2.62 bits per heavy atom. The number of carbonyl (C=O) groups is 1. The summed E-state index contributed by atoms with van der Waals surface area (Å²) in [5.74, 6) is -1.20. The number of aliphatic hydroxyl groups is 1. The molecule has 72 valence electrons. The number of carboxylic acid groups (broad SMARTS) is 1. The van der Waals surface area contributed by atoms with Crippen molar-refractivity contribution < 1.29 is 15.0 Å². The van der Waals surface area contributed by atoms with Crippen molar-refractivity contribution in [3.8, 4) is 0 Å². The summed E-state index contributed by atoms with van der Waals surface area (Å²) in [5, 5.41) is 21.6. The predicted octanol–water partition coefficient (Wildman–Crippen LogP) is 0.502. The highest BCUT2D eigenvalue weighted by atomic mass is 32.1. The van der Waals surface area contributed by atoms with Crippen LogP contribution in [0.25, 0.3) is 0 Å². The summed E-state index contributed by atoms with van der Waals surface area (Å²) in [6.07, 6.45) is -1.12. The summed E-state index contributed by atoms with van der Waals surface area (Å²) in [6, 6.07) is -1.26. The van der Waals surface area contributed by atoms with Gasteiger partial charge in [0.05, 0.1) is 0 Å². The van der Waals surface area contributed by atoms with Crippen LogP contribution in [0.15, 0.2) is 10.8 Å². The van der Waals surface area contributed by atoms with Crippen molar-refractivity contribution in [3.63, 3.8) is 0 Å². The summed E-state index contributed by atoms with van der Waals surface area (Å²) in [6.45, 7) is 1.81. The van der Waals surface area contributed by atoms with Crippen molar-refractivity contribution in [2.45, 2.75) is 19.1 Å². The smallest absolute Gasteiger partial charge is 0.323 e. The lowest BCUT2D eigenvalue weighted by atomic mass is 10.0. The number of aliphatic hydroxyl groups excluding tert-OH is 1. The highest BCUT2D eigenvalue weighted by Crippen LogP contribution is 2.23. The first-order valence-corrected chi connectivity index (χ1v) is 4.67. The predicted molar refractivity (Wildman–Crippen MR) is 49.6 cm³/mol. The molecule has 0 bridgehead atoms. The van der Waals surface area contributed by atoms with E-state index in [0.29, 0.717) is 5.56 Å². The minimum Gasteiger partial charge on any atom is -0.480 e. The Balaban J connectivity index is 2.85. The zero-order valence-corrected chi connectivity index (χ0v) is 7.91. The van der Waals surface area contributed by atoms with E-state index in [-0.39, 0.29) is 0 Å². The minimum absolute atomic E-state index is 0.597. The number of rotatable bonds is 3. The minimum atomic E-state index is -1.26. The van der Waals surface area contributed by atoms with Gasteiger partial charge in [0.15, 0.2) is 0 Å². The zero-order chi connectivity index (χ0) is 10.0. The van der Waals surface area contributed by atoms with Crippen LogP contribution in [0.4, 0.5) is 0 Å². The van der Waals surface area contributed by atoms with Gasteiger partial charge in [-0.05, 0) is 28.8 Å². The van der Waals surface area contributed by atoms with Crippen LogP contribution in [0, 0.1) is 6.92 Å². The summed E-state index contributed by atoms with van der Waals surface area (Å²) in [7, 11) is 0. The first-order valence-electron chi connectivity index (χ1n) is 3.73. The molecular formula is C8H11NO3S. The van der Waals surface area contributed by atoms with E-state index in [1.165, 1.54) is 11.3 Å². The molecular weight excluding hydrogens is 190 g/mol. The van der Waals surface area contributed by atoms with Crippen molar-refractivity contribution in [2.24, 2.45) is 5.73 Å². The number of carboxylic acids is 1. The summed E-state index contributed by atoms with van der Waals surface area (Å²) in [5.41, 5.74) is 6.74. The van der Waals surface area contributed by atoms with Gasteiger partial charge in [-0.25, -0.2) is 0 Å². The Bertz CT molecular complexity index is 310. The SMILES string of the molecule is Cc1cscc1C(O)C(N)C(=O)O. The molecule has 0 radical (unpaired) electrons. The monoisotopic (exact) mass is 201 g/mol. The Labute approximate surface area is 79.6 Å². The van der Waals surface area contributed by atoms with Gasteiger partial charge in [0.25, 0.3) is 0 Å². The number of aliphatic carboxylic acids is 1. The normalized spacial score (nSPS) is 15.3. The molecule has 0 aromatic carbocycles. The summed E-state index contributed by atoms with van der Waals surface area (Å²) in [4.78, 5) is 10.5. The molecule has 0 aliphatic carbocycles. The third kappa shape index (κ3) is 2.06. The molecule has 0 amide bonds. The largest absolute Gasteiger partial charge is 0.480 e. The van der Waals surface area contributed by atoms with Crippen LogP contribution in [0.2, 0.25) is 0 Å². The molecule has 1 rings (SSSR count). The van der Waals surface area contributed by atoms with E-state index in [4.69, 9.17) is 10.8 Å². The molecule has 1 heterocycles. The third-order valence-electron chi connectivity index (χ3n) is 1.84. The number of hydrogen-bond donors (Lipinski definition) is 3. The maximum Gasteiger partial charge on any atom is 0.323 e. The van der Waals surface area contributed by atoms with Crippen LogP contribution in [0.3, 0.4) is 0 Å². The molecule has 5 heteroatoms. The number of nitrogens with two attached hydrogens (primary N) is 1. The van der Waals surface area contributed by atoms with Gasteiger partial charge in [0.2, 0.25) is 0 Å². The zero-order valence-electron chi connectivity index (χ0n) is 7.10. The second kappa shape index (κ2) is 3.87. The van der Waals surface area contributed by atoms with E-state index in [2.05, 4.69) is 0 Å². The maximum atomic E-state index is 10.5. The molecule has 2 atom stereocenters. The molecule has 1 aromatic heterocycles. The van der Waals surface area contributed by atoms with Crippen LogP contribution in [0.1, 0.15) is 17.2 Å². The van der Waals surface area contributed by atoms with Gasteiger partial charge in [0, 0.05) is 0 Å². The molecule has 13 heavy (non-hydrogen) atoms. The van der Waals surface area contributed by atoms with E-state index < -0.39 is 18.1 Å². The van der Waals surface area contributed by atoms with Crippen molar-refractivity contribution in [1.29, 1.82) is 0 Å². The standard InChI is InChI=1S/C8H11NO3S/c1-4-2-13-3-5(4)7(10)6(9)8(11)12/h2-3,6-7,10H,9H2,1H3,(H,11,12). The van der Waals surface area contributed by atoms with Crippen LogP contribution in [-0.2, 0) is 4.79 Å². The third-order valence-corrected chi connectivity index (χ3v) is 2.72. The first kappa shape index (κ1) is 10.2. The molecule has 0 aliphatic heterocycles. The molecule has 0 spiro atoms.